The van der Waals surface area contributed by atoms with Crippen molar-refractivity contribution < 1.29 is 28.2 Å². The second kappa shape index (κ2) is 9.78. The maximum atomic E-state index is 14.9. The highest BCUT2D eigenvalue weighted by Crippen LogP contribution is 2.29. The monoisotopic (exact) mass is 469 g/mol. The summed E-state index contributed by atoms with van der Waals surface area (Å²) < 4.78 is 25.3. The van der Waals surface area contributed by atoms with Gasteiger partial charge in [0.1, 0.15) is 23.5 Å². The molecule has 2 heterocycles. The molecule has 1 aromatic heterocycles. The number of nitrogens with one attached hydrogen (secondary N) is 1. The van der Waals surface area contributed by atoms with Gasteiger partial charge in [0.2, 0.25) is 5.91 Å². The van der Waals surface area contributed by atoms with Crippen LogP contribution >= 0.6 is 11.3 Å². The molecule has 1 aliphatic heterocycles. The molecule has 1 aliphatic rings. The molecule has 0 bridgehead atoms. The van der Waals surface area contributed by atoms with Gasteiger partial charge >= 0.3 is 12.1 Å². The number of hydrogen-bond donors (Lipinski definition) is 1. The molecule has 33 heavy (non-hydrogen) atoms. The van der Waals surface area contributed by atoms with Crippen LogP contribution in [0.5, 0.6) is 0 Å². The molecule has 1 N–H and O–H groups in total. The number of anilines is 1. The molecular formula is C23H20FN3O5S. The smallest absolute Gasteiger partial charge is 0.414 e. The van der Waals surface area contributed by atoms with Crippen LogP contribution in [0.25, 0.3) is 11.1 Å². The normalized spacial score (nSPS) is 15.3. The molecule has 0 aliphatic carbocycles. The fourth-order valence-electron chi connectivity index (χ4n) is 3.32. The van der Waals surface area contributed by atoms with Crippen molar-refractivity contribution in [2.75, 3.05) is 18.0 Å². The average Bonchev–Trinajstić information content (AvgIpc) is 3.45. The summed E-state index contributed by atoms with van der Waals surface area (Å²) in [6.45, 7) is 1.87. The Balaban J connectivity index is 1.42. The first-order chi connectivity index (χ1) is 15.9. The molecule has 8 nitrogen and oxygen atoms in total. The fraction of sp³-hybridized carbons (Fsp3) is 0.217. The molecule has 1 fully saturated rings. The number of ether oxygens (including phenoxy) is 2. The maximum Gasteiger partial charge on any atom is 0.414 e. The number of hydrogen-bond acceptors (Lipinski definition) is 7. The quantitative estimate of drug-likeness (QED) is 0.529. The lowest BCUT2D eigenvalue weighted by Crippen LogP contribution is -2.33. The fourth-order valence-corrected chi connectivity index (χ4v) is 3.85. The van der Waals surface area contributed by atoms with E-state index >= 15 is 0 Å². The lowest BCUT2D eigenvalue weighted by molar-refractivity contribution is -0.119. The lowest BCUT2D eigenvalue weighted by Gasteiger charge is -2.14. The van der Waals surface area contributed by atoms with Gasteiger partial charge in [0.15, 0.2) is 0 Å². The third kappa shape index (κ3) is 5.35. The predicted octanol–water partition coefficient (Wildman–Crippen LogP) is 3.77. The number of halogens is 1. The summed E-state index contributed by atoms with van der Waals surface area (Å²) in [5.41, 5.74) is 1.60. The Hall–Kier alpha value is -3.79. The lowest BCUT2D eigenvalue weighted by atomic mass is 10.0. The SMILES string of the molecule is CC(=O)NCC1CN(c2ccc(-c3ccc(C(=O)OCc4nccs4)cc3)c(F)c2)C(=O)O1. The van der Waals surface area contributed by atoms with Gasteiger partial charge in [-0.1, -0.05) is 12.1 Å². The van der Waals surface area contributed by atoms with Crippen LogP contribution in [0.3, 0.4) is 0 Å². The van der Waals surface area contributed by atoms with Gasteiger partial charge < -0.3 is 14.8 Å². The van der Waals surface area contributed by atoms with Gasteiger partial charge in [0, 0.05) is 24.1 Å². The van der Waals surface area contributed by atoms with Crippen LogP contribution in [-0.2, 0) is 20.9 Å². The van der Waals surface area contributed by atoms with Crippen LogP contribution in [0.15, 0.2) is 54.0 Å². The molecule has 2 amide bonds. The first-order valence-electron chi connectivity index (χ1n) is 10.1. The Morgan fingerprint density at radius 3 is 2.73 bits per heavy atom. The topological polar surface area (TPSA) is 97.8 Å². The van der Waals surface area contributed by atoms with Crippen molar-refractivity contribution in [1.82, 2.24) is 10.3 Å². The summed E-state index contributed by atoms with van der Waals surface area (Å²) in [6.07, 6.45) is 0.532. The molecule has 2 aromatic carbocycles. The molecule has 1 atom stereocenters. The number of benzene rings is 2. The van der Waals surface area contributed by atoms with Crippen molar-refractivity contribution in [3.63, 3.8) is 0 Å². The molecule has 1 unspecified atom stereocenters. The molecule has 170 valence electrons. The van der Waals surface area contributed by atoms with Gasteiger partial charge in [-0.3, -0.25) is 9.69 Å². The van der Waals surface area contributed by atoms with E-state index in [0.29, 0.717) is 27.4 Å². The predicted molar refractivity (Wildman–Crippen MR) is 119 cm³/mol. The highest BCUT2D eigenvalue weighted by atomic mass is 32.1. The van der Waals surface area contributed by atoms with Gasteiger partial charge in [-0.2, -0.15) is 0 Å². The highest BCUT2D eigenvalue weighted by molar-refractivity contribution is 7.09. The van der Waals surface area contributed by atoms with Crippen molar-refractivity contribution >= 4 is 35.0 Å². The zero-order valence-corrected chi connectivity index (χ0v) is 18.4. The van der Waals surface area contributed by atoms with Gasteiger partial charge in [-0.15, -0.1) is 11.3 Å². The number of carbonyl (C=O) groups excluding carboxylic acids is 3. The van der Waals surface area contributed by atoms with Gasteiger partial charge in [-0.25, -0.2) is 19.0 Å². The largest absolute Gasteiger partial charge is 0.455 e. The number of rotatable bonds is 7. The van der Waals surface area contributed by atoms with Crippen LogP contribution in [-0.4, -0.2) is 42.1 Å². The van der Waals surface area contributed by atoms with Crippen LogP contribution in [0.1, 0.15) is 22.3 Å². The summed E-state index contributed by atoms with van der Waals surface area (Å²) in [5, 5.41) is 5.10. The third-order valence-electron chi connectivity index (χ3n) is 4.96. The summed E-state index contributed by atoms with van der Waals surface area (Å²) in [6, 6.07) is 10.8. The minimum absolute atomic E-state index is 0.0962. The van der Waals surface area contributed by atoms with E-state index in [1.54, 1.807) is 48.0 Å². The number of carbonyl (C=O) groups is 3. The van der Waals surface area contributed by atoms with Gasteiger partial charge in [-0.05, 0) is 35.9 Å². The molecule has 0 saturated carbocycles. The number of amides is 2. The molecular weight excluding hydrogens is 449 g/mol. The van der Waals surface area contributed by atoms with Crippen LogP contribution in [0.2, 0.25) is 0 Å². The highest BCUT2D eigenvalue weighted by Gasteiger charge is 2.32. The van der Waals surface area contributed by atoms with Crippen molar-refractivity contribution in [2.24, 2.45) is 0 Å². The number of thiazole rings is 1. The van der Waals surface area contributed by atoms with Crippen molar-refractivity contribution in [1.29, 1.82) is 0 Å². The van der Waals surface area contributed by atoms with E-state index in [1.807, 2.05) is 0 Å². The van der Waals surface area contributed by atoms with Crippen molar-refractivity contribution in [2.45, 2.75) is 19.6 Å². The summed E-state index contributed by atoms with van der Waals surface area (Å²) in [4.78, 5) is 40.8. The first kappa shape index (κ1) is 22.4. The number of cyclic esters (lactones) is 1. The van der Waals surface area contributed by atoms with Crippen LogP contribution in [0.4, 0.5) is 14.9 Å². The van der Waals surface area contributed by atoms with E-state index in [1.165, 1.54) is 29.2 Å². The van der Waals surface area contributed by atoms with Crippen LogP contribution in [0, 0.1) is 5.82 Å². The van der Waals surface area contributed by atoms with Crippen molar-refractivity contribution in [3.8, 4) is 11.1 Å². The Morgan fingerprint density at radius 1 is 1.27 bits per heavy atom. The number of nitrogens with zero attached hydrogens (tertiary/aromatic N) is 2. The standard InChI is InChI=1S/C23H20FN3O5S/c1-14(28)26-11-18-12-27(23(30)32-18)17-6-7-19(20(24)10-17)15-2-4-16(5-3-15)22(29)31-13-21-25-8-9-33-21/h2-10,18H,11-13H2,1H3,(H,26,28). The minimum atomic E-state index is -0.599. The molecule has 1 saturated heterocycles. The van der Waals surface area contributed by atoms with E-state index in [0.717, 1.165) is 0 Å². The summed E-state index contributed by atoms with van der Waals surface area (Å²) in [5.74, 6) is -1.24. The first-order valence-corrected chi connectivity index (χ1v) is 11.0. The van der Waals surface area contributed by atoms with E-state index in [2.05, 4.69) is 10.3 Å². The zero-order valence-electron chi connectivity index (χ0n) is 17.6. The molecule has 3 aromatic rings. The van der Waals surface area contributed by atoms with Gasteiger partial charge in [0.25, 0.3) is 0 Å². The zero-order chi connectivity index (χ0) is 23.4. The Bertz CT molecular complexity index is 1170. The molecule has 0 spiro atoms. The Kier molecular flexibility index (Phi) is 6.64. The van der Waals surface area contributed by atoms with Crippen LogP contribution < -0.4 is 10.2 Å². The second-order valence-corrected chi connectivity index (χ2v) is 8.28. The van der Waals surface area contributed by atoms with Crippen molar-refractivity contribution in [3.05, 3.63) is 70.4 Å². The van der Waals surface area contributed by atoms with E-state index in [4.69, 9.17) is 9.47 Å². The average molecular weight is 469 g/mol. The Morgan fingerprint density at radius 2 is 2.06 bits per heavy atom. The van der Waals surface area contributed by atoms with E-state index < -0.39 is 24.0 Å². The summed E-state index contributed by atoms with van der Waals surface area (Å²) in [7, 11) is 0. The molecule has 0 radical (unpaired) electrons. The van der Waals surface area contributed by atoms with E-state index in [-0.39, 0.29) is 25.6 Å². The number of esters is 1. The number of aromatic nitrogens is 1. The third-order valence-corrected chi connectivity index (χ3v) is 5.71. The van der Waals surface area contributed by atoms with Gasteiger partial charge in [0.05, 0.1) is 24.3 Å². The molecule has 10 heteroatoms. The maximum absolute atomic E-state index is 14.9. The Labute approximate surface area is 193 Å². The molecule has 4 rings (SSSR count). The second-order valence-electron chi connectivity index (χ2n) is 7.30. The minimum Gasteiger partial charge on any atom is -0.455 e. The summed E-state index contributed by atoms with van der Waals surface area (Å²) >= 11 is 1.40. The van der Waals surface area contributed by atoms with E-state index in [9.17, 15) is 18.8 Å².